The number of ether oxygens (including phenoxy) is 1. The van der Waals surface area contributed by atoms with Gasteiger partial charge in [0.15, 0.2) is 0 Å². The zero-order valence-corrected chi connectivity index (χ0v) is 11.9. The number of nitrogens with two attached hydrogens (primary N) is 1. The number of hydrogen-bond donors (Lipinski definition) is 2. The van der Waals surface area contributed by atoms with Crippen LogP contribution in [0.25, 0.3) is 0 Å². The number of anilines is 2. The van der Waals surface area contributed by atoms with Gasteiger partial charge in [-0.1, -0.05) is 11.6 Å². The van der Waals surface area contributed by atoms with Crippen LogP contribution in [0.5, 0.6) is 5.88 Å². The minimum Gasteiger partial charge on any atom is -0.480 e. The largest absolute Gasteiger partial charge is 0.480 e. The molecule has 7 nitrogen and oxygen atoms in total. The number of hydrogen-bond acceptors (Lipinski definition) is 6. The molecule has 9 heteroatoms. The summed E-state index contributed by atoms with van der Waals surface area (Å²) >= 11 is 5.76. The van der Waals surface area contributed by atoms with Crippen LogP contribution in [0.4, 0.5) is 11.6 Å². The predicted molar refractivity (Wildman–Crippen MR) is 75.3 cm³/mol. The molecule has 0 spiro atoms. The van der Waals surface area contributed by atoms with Crippen LogP contribution in [0.1, 0.15) is 0 Å². The number of halogens is 1. The Labute approximate surface area is 120 Å². The first-order chi connectivity index (χ1) is 9.42. The van der Waals surface area contributed by atoms with Crippen LogP contribution in [-0.2, 0) is 10.0 Å². The van der Waals surface area contributed by atoms with Gasteiger partial charge < -0.3 is 10.5 Å². The van der Waals surface area contributed by atoms with Crippen LogP contribution in [-0.4, -0.2) is 25.5 Å². The van der Waals surface area contributed by atoms with Gasteiger partial charge in [-0.15, -0.1) is 0 Å². The summed E-state index contributed by atoms with van der Waals surface area (Å²) in [6.45, 7) is 0. The van der Waals surface area contributed by atoms with Crippen LogP contribution in [0.3, 0.4) is 0 Å². The molecule has 1 aromatic carbocycles. The average molecular weight is 315 g/mol. The van der Waals surface area contributed by atoms with Crippen molar-refractivity contribution in [2.24, 2.45) is 0 Å². The van der Waals surface area contributed by atoms with E-state index < -0.39 is 10.0 Å². The number of methoxy groups -OCH3 is 1. The summed E-state index contributed by atoms with van der Waals surface area (Å²) in [4.78, 5) is 7.66. The maximum Gasteiger partial charge on any atom is 0.264 e. The van der Waals surface area contributed by atoms with E-state index in [0.717, 1.165) is 0 Å². The Bertz CT molecular complexity index is 719. The Kier molecular flexibility index (Phi) is 3.96. The van der Waals surface area contributed by atoms with Gasteiger partial charge in [-0.05, 0) is 24.3 Å². The van der Waals surface area contributed by atoms with Crippen LogP contribution in [0.2, 0.25) is 5.02 Å². The summed E-state index contributed by atoms with van der Waals surface area (Å²) < 4.78 is 31.3. The minimum atomic E-state index is -3.80. The summed E-state index contributed by atoms with van der Waals surface area (Å²) in [5, 5.41) is 0.183. The fourth-order valence-corrected chi connectivity index (χ4v) is 2.49. The monoisotopic (exact) mass is 314 g/mol. The Morgan fingerprint density at radius 2 is 1.95 bits per heavy atom. The third kappa shape index (κ3) is 3.09. The summed E-state index contributed by atoms with van der Waals surface area (Å²) in [6.07, 6.45) is 1.24. The number of benzene rings is 1. The lowest BCUT2D eigenvalue weighted by Crippen LogP contribution is -2.15. The van der Waals surface area contributed by atoms with E-state index in [1.54, 1.807) is 0 Å². The Hall–Kier alpha value is -2.06. The smallest absolute Gasteiger partial charge is 0.264 e. The fraction of sp³-hybridized carbons (Fsp3) is 0.0909. The third-order valence-corrected chi connectivity index (χ3v) is 3.92. The van der Waals surface area contributed by atoms with Crippen molar-refractivity contribution in [1.29, 1.82) is 0 Å². The third-order valence-electron chi connectivity index (χ3n) is 2.32. The Morgan fingerprint density at radius 1 is 1.30 bits per heavy atom. The molecule has 3 N–H and O–H groups in total. The Balaban J connectivity index is 2.30. The van der Waals surface area contributed by atoms with Gasteiger partial charge in [0.05, 0.1) is 18.2 Å². The van der Waals surface area contributed by atoms with E-state index in [9.17, 15) is 8.42 Å². The van der Waals surface area contributed by atoms with Crippen LogP contribution >= 0.6 is 11.6 Å². The molecule has 2 rings (SSSR count). The fourth-order valence-electron chi connectivity index (χ4n) is 1.37. The van der Waals surface area contributed by atoms with E-state index in [-0.39, 0.29) is 21.7 Å². The molecule has 20 heavy (non-hydrogen) atoms. The molecule has 0 aliphatic heterocycles. The predicted octanol–water partition coefficient (Wildman–Crippen LogP) is 1.52. The SMILES string of the molecule is COc1nc(NS(=O)(=O)c2ccc(N)cc2)ncc1Cl. The van der Waals surface area contributed by atoms with Gasteiger partial charge in [0, 0.05) is 5.69 Å². The molecule has 1 aromatic heterocycles. The van der Waals surface area contributed by atoms with Gasteiger partial charge in [0.1, 0.15) is 5.02 Å². The zero-order chi connectivity index (χ0) is 14.8. The van der Waals surface area contributed by atoms with Gasteiger partial charge in [-0.25, -0.2) is 18.1 Å². The van der Waals surface area contributed by atoms with Crippen LogP contribution < -0.4 is 15.2 Å². The van der Waals surface area contributed by atoms with Crippen molar-refractivity contribution in [2.45, 2.75) is 4.90 Å². The van der Waals surface area contributed by atoms with Crippen LogP contribution in [0, 0.1) is 0 Å². The van der Waals surface area contributed by atoms with Gasteiger partial charge >= 0.3 is 0 Å². The van der Waals surface area contributed by atoms with E-state index in [1.807, 2.05) is 0 Å². The number of rotatable bonds is 4. The lowest BCUT2D eigenvalue weighted by Gasteiger charge is -2.08. The minimum absolute atomic E-state index is 0.0456. The van der Waals surface area contributed by atoms with Crippen molar-refractivity contribution < 1.29 is 13.2 Å². The molecule has 0 unspecified atom stereocenters. The Morgan fingerprint density at radius 3 is 2.55 bits per heavy atom. The first-order valence-corrected chi connectivity index (χ1v) is 7.23. The van der Waals surface area contributed by atoms with Crippen molar-refractivity contribution in [3.8, 4) is 5.88 Å². The zero-order valence-electron chi connectivity index (χ0n) is 10.4. The molecule has 2 aromatic rings. The van der Waals surface area contributed by atoms with E-state index in [0.29, 0.717) is 5.69 Å². The molecule has 106 valence electrons. The number of nitrogens with zero attached hydrogens (tertiary/aromatic N) is 2. The molecule has 0 aliphatic rings. The number of nitrogen functional groups attached to an aromatic ring is 1. The molecular weight excluding hydrogens is 304 g/mol. The molecule has 0 aliphatic carbocycles. The molecule has 0 bridgehead atoms. The molecule has 1 heterocycles. The summed E-state index contributed by atoms with van der Waals surface area (Å²) in [7, 11) is -2.43. The normalized spacial score (nSPS) is 11.1. The second kappa shape index (κ2) is 5.51. The topological polar surface area (TPSA) is 107 Å². The van der Waals surface area contributed by atoms with Crippen molar-refractivity contribution in [3.05, 3.63) is 35.5 Å². The lowest BCUT2D eigenvalue weighted by molar-refractivity contribution is 0.398. The standard InChI is InChI=1S/C11H11ClN4O3S/c1-19-10-9(12)6-14-11(15-10)16-20(17,18)8-4-2-7(13)3-5-8/h2-6H,13H2,1H3,(H,14,15,16). The quantitative estimate of drug-likeness (QED) is 0.828. The van der Waals surface area contributed by atoms with Gasteiger partial charge in [0.25, 0.3) is 10.0 Å². The molecular formula is C11H11ClN4O3S. The molecule has 0 fully saturated rings. The summed E-state index contributed by atoms with van der Waals surface area (Å²) in [5.74, 6) is -0.0558. The van der Waals surface area contributed by atoms with E-state index in [4.69, 9.17) is 22.1 Å². The van der Waals surface area contributed by atoms with Crippen molar-refractivity contribution in [1.82, 2.24) is 9.97 Å². The second-order valence-corrected chi connectivity index (χ2v) is 5.81. The van der Waals surface area contributed by atoms with Crippen molar-refractivity contribution in [2.75, 3.05) is 17.6 Å². The molecule has 0 saturated carbocycles. The van der Waals surface area contributed by atoms with Gasteiger partial charge in [0.2, 0.25) is 11.8 Å². The maximum absolute atomic E-state index is 12.1. The maximum atomic E-state index is 12.1. The highest BCUT2D eigenvalue weighted by Crippen LogP contribution is 2.22. The first kappa shape index (κ1) is 14.4. The highest BCUT2D eigenvalue weighted by Gasteiger charge is 2.16. The van der Waals surface area contributed by atoms with E-state index in [2.05, 4.69) is 14.7 Å². The van der Waals surface area contributed by atoms with E-state index >= 15 is 0 Å². The van der Waals surface area contributed by atoms with Crippen LogP contribution in [0.15, 0.2) is 35.4 Å². The van der Waals surface area contributed by atoms with Gasteiger partial charge in [-0.3, -0.25) is 0 Å². The lowest BCUT2D eigenvalue weighted by atomic mass is 10.3. The summed E-state index contributed by atoms with van der Waals surface area (Å²) in [6, 6.07) is 5.73. The number of aromatic nitrogens is 2. The molecule has 0 saturated heterocycles. The summed E-state index contributed by atoms with van der Waals surface area (Å²) in [5.41, 5.74) is 5.97. The van der Waals surface area contributed by atoms with Crippen molar-refractivity contribution >= 4 is 33.3 Å². The average Bonchev–Trinajstić information content (AvgIpc) is 2.41. The number of nitrogens with one attached hydrogen (secondary N) is 1. The highest BCUT2D eigenvalue weighted by molar-refractivity contribution is 7.92. The second-order valence-electron chi connectivity index (χ2n) is 3.73. The van der Waals surface area contributed by atoms with E-state index in [1.165, 1.54) is 37.6 Å². The van der Waals surface area contributed by atoms with Crippen molar-refractivity contribution in [3.63, 3.8) is 0 Å². The number of sulfonamides is 1. The highest BCUT2D eigenvalue weighted by atomic mass is 35.5. The molecule has 0 amide bonds. The molecule has 0 atom stereocenters. The molecule has 0 radical (unpaired) electrons. The van der Waals surface area contributed by atoms with Gasteiger partial charge in [-0.2, -0.15) is 4.98 Å². The first-order valence-electron chi connectivity index (χ1n) is 5.37.